The van der Waals surface area contributed by atoms with Gasteiger partial charge in [0.25, 0.3) is 0 Å². The van der Waals surface area contributed by atoms with Gasteiger partial charge in [-0.1, -0.05) is 37.8 Å². The number of carboxylic acids is 1. The largest absolute Gasteiger partial charge is 0.481 e. The van der Waals surface area contributed by atoms with E-state index in [-0.39, 0.29) is 11.8 Å². The van der Waals surface area contributed by atoms with Crippen LogP contribution in [0.5, 0.6) is 0 Å². The molecular weight excluding hydrogens is 278 g/mol. The molecule has 1 aliphatic rings. The molecule has 120 valence electrons. The van der Waals surface area contributed by atoms with Crippen LogP contribution in [-0.2, 0) is 15.0 Å². The molecule has 1 aliphatic carbocycles. The van der Waals surface area contributed by atoms with E-state index in [1.54, 1.807) is 38.1 Å². The summed E-state index contributed by atoms with van der Waals surface area (Å²) in [5.74, 6) is -0.660. The number of carbonyl (C=O) groups excluding carboxylic acids is 1. The van der Waals surface area contributed by atoms with Gasteiger partial charge in [0.05, 0.1) is 5.41 Å². The highest BCUT2D eigenvalue weighted by molar-refractivity contribution is 5.92. The molecule has 2 rings (SSSR count). The number of carbonyl (C=O) groups is 2. The Morgan fingerprint density at radius 3 is 2.09 bits per heavy atom. The van der Waals surface area contributed by atoms with E-state index in [1.807, 2.05) is 0 Å². The summed E-state index contributed by atoms with van der Waals surface area (Å²) in [6, 6.07) is 7.12. The standard InChI is InChI=1S/C18H25NO3/c1-18(2,17(21)22)14-9-11-15(12-10-14)19-16(20)13-7-5-3-4-6-8-13/h9-13H,3-8H2,1-2H3,(H,19,20)(H,21,22). The molecule has 0 saturated heterocycles. The van der Waals surface area contributed by atoms with E-state index in [0.717, 1.165) is 36.9 Å². The number of aliphatic carboxylic acids is 1. The van der Waals surface area contributed by atoms with E-state index in [0.29, 0.717) is 0 Å². The second kappa shape index (κ2) is 6.95. The normalized spacial score (nSPS) is 16.8. The smallest absolute Gasteiger partial charge is 0.313 e. The molecule has 0 unspecified atom stereocenters. The highest BCUT2D eigenvalue weighted by atomic mass is 16.4. The van der Waals surface area contributed by atoms with Crippen LogP contribution in [0.1, 0.15) is 57.9 Å². The highest BCUT2D eigenvalue weighted by Crippen LogP contribution is 2.26. The molecule has 0 atom stereocenters. The summed E-state index contributed by atoms with van der Waals surface area (Å²) in [7, 11) is 0. The summed E-state index contributed by atoms with van der Waals surface area (Å²) in [4.78, 5) is 23.6. The van der Waals surface area contributed by atoms with Crippen molar-refractivity contribution in [2.75, 3.05) is 5.32 Å². The Morgan fingerprint density at radius 2 is 1.59 bits per heavy atom. The maximum absolute atomic E-state index is 12.3. The second-order valence-corrected chi connectivity index (χ2v) is 6.69. The first kappa shape index (κ1) is 16.5. The molecule has 0 aliphatic heterocycles. The predicted molar refractivity (Wildman–Crippen MR) is 86.9 cm³/mol. The topological polar surface area (TPSA) is 66.4 Å². The maximum atomic E-state index is 12.3. The van der Waals surface area contributed by atoms with Gasteiger partial charge in [0.2, 0.25) is 5.91 Å². The van der Waals surface area contributed by atoms with Gasteiger partial charge in [0.1, 0.15) is 0 Å². The molecule has 1 aromatic carbocycles. The molecule has 0 radical (unpaired) electrons. The van der Waals surface area contributed by atoms with Gasteiger partial charge in [0, 0.05) is 11.6 Å². The van der Waals surface area contributed by atoms with Crippen LogP contribution in [0.15, 0.2) is 24.3 Å². The number of carboxylic acid groups (broad SMARTS) is 1. The maximum Gasteiger partial charge on any atom is 0.313 e. The zero-order valence-electron chi connectivity index (χ0n) is 13.4. The zero-order chi connectivity index (χ0) is 16.2. The first-order valence-corrected chi connectivity index (χ1v) is 8.06. The van der Waals surface area contributed by atoms with Crippen LogP contribution in [0, 0.1) is 5.92 Å². The SMILES string of the molecule is CC(C)(C(=O)O)c1ccc(NC(=O)C2CCCCCC2)cc1. The monoisotopic (exact) mass is 303 g/mol. The molecule has 1 amide bonds. The second-order valence-electron chi connectivity index (χ2n) is 6.69. The Kier molecular flexibility index (Phi) is 5.22. The van der Waals surface area contributed by atoms with E-state index < -0.39 is 11.4 Å². The van der Waals surface area contributed by atoms with E-state index in [9.17, 15) is 14.7 Å². The summed E-state index contributed by atoms with van der Waals surface area (Å²) in [6.45, 7) is 3.35. The number of hydrogen-bond acceptors (Lipinski definition) is 2. The summed E-state index contributed by atoms with van der Waals surface area (Å²) < 4.78 is 0. The molecule has 0 heterocycles. The van der Waals surface area contributed by atoms with Crippen molar-refractivity contribution in [2.45, 2.75) is 57.8 Å². The predicted octanol–water partition coefficient (Wildman–Crippen LogP) is 3.96. The molecule has 1 saturated carbocycles. The molecule has 1 aromatic rings. The third-order valence-corrected chi connectivity index (χ3v) is 4.63. The van der Waals surface area contributed by atoms with Crippen molar-refractivity contribution in [3.8, 4) is 0 Å². The summed E-state index contributed by atoms with van der Waals surface area (Å²) in [6.07, 6.45) is 6.64. The molecule has 0 bridgehead atoms. The third kappa shape index (κ3) is 3.87. The minimum Gasteiger partial charge on any atom is -0.481 e. The molecule has 22 heavy (non-hydrogen) atoms. The fraction of sp³-hybridized carbons (Fsp3) is 0.556. The van der Waals surface area contributed by atoms with E-state index in [4.69, 9.17) is 0 Å². The lowest BCUT2D eigenvalue weighted by Crippen LogP contribution is -2.28. The number of hydrogen-bond donors (Lipinski definition) is 2. The molecule has 4 heteroatoms. The molecule has 2 N–H and O–H groups in total. The van der Waals surface area contributed by atoms with Gasteiger partial charge in [-0.2, -0.15) is 0 Å². The van der Waals surface area contributed by atoms with Gasteiger partial charge < -0.3 is 10.4 Å². The van der Waals surface area contributed by atoms with Crippen molar-refractivity contribution >= 4 is 17.6 Å². The Labute approximate surface area is 131 Å². The van der Waals surface area contributed by atoms with Crippen LogP contribution in [0.25, 0.3) is 0 Å². The van der Waals surface area contributed by atoms with Gasteiger partial charge in [-0.25, -0.2) is 0 Å². The van der Waals surface area contributed by atoms with Crippen LogP contribution < -0.4 is 5.32 Å². The molecule has 4 nitrogen and oxygen atoms in total. The molecule has 1 fully saturated rings. The minimum absolute atomic E-state index is 0.0899. The lowest BCUT2D eigenvalue weighted by atomic mass is 9.85. The number of anilines is 1. The zero-order valence-corrected chi connectivity index (χ0v) is 13.4. The first-order valence-electron chi connectivity index (χ1n) is 8.06. The summed E-state index contributed by atoms with van der Waals surface area (Å²) >= 11 is 0. The van der Waals surface area contributed by atoms with Crippen molar-refractivity contribution in [1.29, 1.82) is 0 Å². The lowest BCUT2D eigenvalue weighted by Gasteiger charge is -2.20. The van der Waals surface area contributed by atoms with Crippen molar-refractivity contribution in [3.05, 3.63) is 29.8 Å². The fourth-order valence-electron chi connectivity index (χ4n) is 2.88. The number of amides is 1. The highest BCUT2D eigenvalue weighted by Gasteiger charge is 2.29. The van der Waals surface area contributed by atoms with Gasteiger partial charge in [-0.3, -0.25) is 9.59 Å². The van der Waals surface area contributed by atoms with Crippen LogP contribution >= 0.6 is 0 Å². The minimum atomic E-state index is -0.927. The number of rotatable bonds is 4. The van der Waals surface area contributed by atoms with Crippen molar-refractivity contribution < 1.29 is 14.7 Å². The fourth-order valence-corrected chi connectivity index (χ4v) is 2.88. The van der Waals surface area contributed by atoms with Crippen molar-refractivity contribution in [2.24, 2.45) is 5.92 Å². The van der Waals surface area contributed by atoms with Crippen molar-refractivity contribution in [1.82, 2.24) is 0 Å². The van der Waals surface area contributed by atoms with Gasteiger partial charge in [-0.15, -0.1) is 0 Å². The summed E-state index contributed by atoms with van der Waals surface area (Å²) in [5, 5.41) is 12.2. The van der Waals surface area contributed by atoms with Crippen LogP contribution in [0.3, 0.4) is 0 Å². The average molecular weight is 303 g/mol. The summed E-state index contributed by atoms with van der Waals surface area (Å²) in [5.41, 5.74) is 0.538. The molecular formula is C18H25NO3. The Bertz CT molecular complexity index is 526. The van der Waals surface area contributed by atoms with Gasteiger partial charge in [0.15, 0.2) is 0 Å². The lowest BCUT2D eigenvalue weighted by molar-refractivity contribution is -0.142. The van der Waals surface area contributed by atoms with Gasteiger partial charge in [-0.05, 0) is 44.4 Å². The van der Waals surface area contributed by atoms with Crippen LogP contribution in [0.4, 0.5) is 5.69 Å². The first-order chi connectivity index (χ1) is 10.4. The Morgan fingerprint density at radius 1 is 1.05 bits per heavy atom. The van der Waals surface area contributed by atoms with Crippen LogP contribution in [0.2, 0.25) is 0 Å². The number of nitrogens with one attached hydrogen (secondary N) is 1. The quantitative estimate of drug-likeness (QED) is 0.827. The van der Waals surface area contributed by atoms with Crippen LogP contribution in [-0.4, -0.2) is 17.0 Å². The van der Waals surface area contributed by atoms with Gasteiger partial charge >= 0.3 is 5.97 Å². The average Bonchev–Trinajstić information content (AvgIpc) is 2.76. The van der Waals surface area contributed by atoms with E-state index in [1.165, 1.54) is 12.8 Å². The van der Waals surface area contributed by atoms with E-state index in [2.05, 4.69) is 5.32 Å². The Balaban J connectivity index is 2.01. The molecule has 0 spiro atoms. The number of benzene rings is 1. The Hall–Kier alpha value is -1.84. The molecule has 0 aromatic heterocycles. The third-order valence-electron chi connectivity index (χ3n) is 4.63. The van der Waals surface area contributed by atoms with E-state index >= 15 is 0 Å². The van der Waals surface area contributed by atoms with Crippen molar-refractivity contribution in [3.63, 3.8) is 0 Å².